The van der Waals surface area contributed by atoms with Crippen LogP contribution in [0, 0.1) is 5.82 Å². The number of hydrogen-bond acceptors (Lipinski definition) is 0. The van der Waals surface area contributed by atoms with E-state index >= 15 is 0 Å². The Morgan fingerprint density at radius 2 is 1.47 bits per heavy atom. The Balaban J connectivity index is 2.61. The van der Waals surface area contributed by atoms with Crippen LogP contribution in [-0.4, -0.2) is 0 Å². The summed E-state index contributed by atoms with van der Waals surface area (Å²) in [5.41, 5.74) is 4.24. The third-order valence-electron chi connectivity index (χ3n) is 3.53. The molecule has 0 unspecified atom stereocenters. The van der Waals surface area contributed by atoms with Crippen LogP contribution in [0.4, 0.5) is 4.39 Å². The smallest absolute Gasteiger partial charge is 0.131 e. The molecule has 0 aliphatic heterocycles. The van der Waals surface area contributed by atoms with Crippen LogP contribution in [0.2, 0.25) is 0 Å². The molecule has 0 amide bonds. The monoisotopic (exact) mass is 256 g/mol. The Hall–Kier alpha value is -1.63. The van der Waals surface area contributed by atoms with E-state index in [0.29, 0.717) is 17.4 Å². The van der Waals surface area contributed by atoms with Gasteiger partial charge < -0.3 is 0 Å². The first-order valence-corrected chi connectivity index (χ1v) is 6.89. The summed E-state index contributed by atoms with van der Waals surface area (Å²) >= 11 is 0. The molecule has 2 rings (SSSR count). The quantitative estimate of drug-likeness (QED) is 0.657. The summed E-state index contributed by atoms with van der Waals surface area (Å²) in [6.07, 6.45) is 0. The van der Waals surface area contributed by atoms with Crippen molar-refractivity contribution in [2.45, 2.75) is 39.5 Å². The molecule has 0 bridgehead atoms. The second-order valence-corrected chi connectivity index (χ2v) is 5.64. The predicted octanol–water partition coefficient (Wildman–Crippen LogP) is 5.74. The first-order valence-electron chi connectivity index (χ1n) is 6.89. The van der Waals surface area contributed by atoms with Gasteiger partial charge in [-0.2, -0.15) is 0 Å². The van der Waals surface area contributed by atoms with Gasteiger partial charge in [-0.3, -0.25) is 0 Å². The zero-order chi connectivity index (χ0) is 14.0. The summed E-state index contributed by atoms with van der Waals surface area (Å²) in [7, 11) is 0. The summed E-state index contributed by atoms with van der Waals surface area (Å²) < 4.78 is 14.0. The first kappa shape index (κ1) is 13.8. The highest BCUT2D eigenvalue weighted by Crippen LogP contribution is 2.33. The van der Waals surface area contributed by atoms with Crippen LogP contribution in [-0.2, 0) is 0 Å². The van der Waals surface area contributed by atoms with Crippen LogP contribution >= 0.6 is 0 Å². The Kier molecular flexibility index (Phi) is 4.04. The van der Waals surface area contributed by atoms with E-state index in [2.05, 4.69) is 45.9 Å². The molecule has 0 spiro atoms. The maximum absolute atomic E-state index is 14.0. The third kappa shape index (κ3) is 2.86. The Bertz CT molecular complexity index is 568. The lowest BCUT2D eigenvalue weighted by molar-refractivity contribution is 0.631. The minimum Gasteiger partial charge on any atom is -0.206 e. The lowest BCUT2D eigenvalue weighted by Gasteiger charge is -2.17. The van der Waals surface area contributed by atoms with Gasteiger partial charge >= 0.3 is 0 Å². The molecule has 0 nitrogen and oxygen atoms in total. The van der Waals surface area contributed by atoms with Crippen molar-refractivity contribution in [3.63, 3.8) is 0 Å². The normalized spacial score (nSPS) is 11.3. The summed E-state index contributed by atoms with van der Waals surface area (Å²) in [5.74, 6) is 0.724. The molecule has 2 aromatic rings. The molecular formula is C18H21F. The van der Waals surface area contributed by atoms with Gasteiger partial charge in [-0.25, -0.2) is 4.39 Å². The zero-order valence-corrected chi connectivity index (χ0v) is 12.1. The fourth-order valence-corrected chi connectivity index (χ4v) is 2.34. The van der Waals surface area contributed by atoms with Crippen molar-refractivity contribution in [1.29, 1.82) is 0 Å². The van der Waals surface area contributed by atoms with Crippen LogP contribution in [0.25, 0.3) is 11.1 Å². The highest BCUT2D eigenvalue weighted by Gasteiger charge is 2.13. The lowest BCUT2D eigenvalue weighted by atomic mass is 9.88. The summed E-state index contributed by atoms with van der Waals surface area (Å²) in [4.78, 5) is 0. The largest absolute Gasteiger partial charge is 0.206 e. The molecule has 2 aromatic carbocycles. The summed E-state index contributed by atoms with van der Waals surface area (Å²) in [6.45, 7) is 8.68. The Morgan fingerprint density at radius 1 is 0.789 bits per heavy atom. The molecule has 0 radical (unpaired) electrons. The third-order valence-corrected chi connectivity index (χ3v) is 3.53. The van der Waals surface area contributed by atoms with Crippen LogP contribution < -0.4 is 0 Å². The summed E-state index contributed by atoms with van der Waals surface area (Å²) in [5, 5.41) is 0. The average molecular weight is 256 g/mol. The van der Waals surface area contributed by atoms with Gasteiger partial charge in [0.15, 0.2) is 0 Å². The molecule has 1 heteroatoms. The first-order chi connectivity index (χ1) is 9.00. The molecule has 0 atom stereocenters. The van der Waals surface area contributed by atoms with Crippen molar-refractivity contribution in [3.05, 3.63) is 59.4 Å². The predicted molar refractivity (Wildman–Crippen MR) is 80.0 cm³/mol. The van der Waals surface area contributed by atoms with E-state index in [1.807, 2.05) is 12.1 Å². The van der Waals surface area contributed by atoms with E-state index in [1.54, 1.807) is 6.07 Å². The maximum Gasteiger partial charge on any atom is 0.131 e. The molecule has 0 saturated heterocycles. The molecular weight excluding hydrogens is 235 g/mol. The minimum absolute atomic E-state index is 0.151. The van der Waals surface area contributed by atoms with Crippen molar-refractivity contribution >= 4 is 0 Å². The van der Waals surface area contributed by atoms with Gasteiger partial charge in [-0.1, -0.05) is 64.1 Å². The van der Waals surface area contributed by atoms with Gasteiger partial charge in [0, 0.05) is 5.56 Å². The molecule has 0 N–H and O–H groups in total. The lowest BCUT2D eigenvalue weighted by Crippen LogP contribution is -1.97. The van der Waals surface area contributed by atoms with Gasteiger partial charge in [-0.15, -0.1) is 0 Å². The van der Waals surface area contributed by atoms with E-state index in [1.165, 1.54) is 17.2 Å². The molecule has 100 valence electrons. The van der Waals surface area contributed by atoms with Crippen LogP contribution in [0.1, 0.15) is 50.7 Å². The molecule has 0 saturated carbocycles. The highest BCUT2D eigenvalue weighted by atomic mass is 19.1. The second-order valence-electron chi connectivity index (χ2n) is 5.64. The van der Waals surface area contributed by atoms with E-state index in [9.17, 15) is 4.39 Å². The van der Waals surface area contributed by atoms with E-state index < -0.39 is 0 Å². The van der Waals surface area contributed by atoms with Crippen LogP contribution in [0.5, 0.6) is 0 Å². The minimum atomic E-state index is -0.151. The van der Waals surface area contributed by atoms with Crippen molar-refractivity contribution in [1.82, 2.24) is 0 Å². The Labute approximate surface area is 115 Å². The standard InChI is InChI=1S/C18H21F/c1-12(2)14-9-10-15(17(11-14)13(3)4)16-7-5-6-8-18(16)19/h5-13H,1-4H3. The maximum atomic E-state index is 14.0. The number of halogens is 1. The van der Waals surface area contributed by atoms with Crippen molar-refractivity contribution in [3.8, 4) is 11.1 Å². The zero-order valence-electron chi connectivity index (χ0n) is 12.1. The van der Waals surface area contributed by atoms with E-state index in [0.717, 1.165) is 5.56 Å². The summed E-state index contributed by atoms with van der Waals surface area (Å²) in [6, 6.07) is 13.4. The van der Waals surface area contributed by atoms with Gasteiger partial charge in [0.05, 0.1) is 0 Å². The number of hydrogen-bond donors (Lipinski definition) is 0. The van der Waals surface area contributed by atoms with Gasteiger partial charge in [0.1, 0.15) is 5.82 Å². The fourth-order valence-electron chi connectivity index (χ4n) is 2.34. The SMILES string of the molecule is CC(C)c1ccc(-c2ccccc2F)c(C(C)C)c1. The van der Waals surface area contributed by atoms with Gasteiger partial charge in [0.25, 0.3) is 0 Å². The van der Waals surface area contributed by atoms with E-state index in [4.69, 9.17) is 0 Å². The highest BCUT2D eigenvalue weighted by molar-refractivity contribution is 5.69. The van der Waals surface area contributed by atoms with E-state index in [-0.39, 0.29) is 5.82 Å². The second kappa shape index (κ2) is 5.56. The fraction of sp³-hybridized carbons (Fsp3) is 0.333. The van der Waals surface area contributed by atoms with Crippen LogP contribution in [0.3, 0.4) is 0 Å². The van der Waals surface area contributed by atoms with Gasteiger partial charge in [-0.05, 0) is 34.6 Å². The number of benzene rings is 2. The molecule has 0 aromatic heterocycles. The van der Waals surface area contributed by atoms with Crippen molar-refractivity contribution < 1.29 is 4.39 Å². The molecule has 0 aliphatic carbocycles. The topological polar surface area (TPSA) is 0 Å². The van der Waals surface area contributed by atoms with Crippen molar-refractivity contribution in [2.75, 3.05) is 0 Å². The molecule has 19 heavy (non-hydrogen) atoms. The van der Waals surface area contributed by atoms with Crippen LogP contribution in [0.15, 0.2) is 42.5 Å². The number of rotatable bonds is 3. The average Bonchev–Trinajstić information content (AvgIpc) is 2.38. The van der Waals surface area contributed by atoms with Gasteiger partial charge in [0.2, 0.25) is 0 Å². The molecule has 0 aliphatic rings. The van der Waals surface area contributed by atoms with Crippen molar-refractivity contribution in [2.24, 2.45) is 0 Å². The molecule has 0 fully saturated rings. The Morgan fingerprint density at radius 3 is 2.05 bits per heavy atom. The molecule has 0 heterocycles.